The number of hydrogen-bond donors (Lipinski definition) is 1. The van der Waals surface area contributed by atoms with Crippen LogP contribution in [0.2, 0.25) is 0 Å². The van der Waals surface area contributed by atoms with Crippen LogP contribution in [0.4, 0.5) is 0 Å². The predicted molar refractivity (Wildman–Crippen MR) is 71.1 cm³/mol. The molecule has 0 aromatic carbocycles. The van der Waals surface area contributed by atoms with E-state index < -0.39 is 0 Å². The molecule has 1 aliphatic heterocycles. The van der Waals surface area contributed by atoms with E-state index in [0.29, 0.717) is 6.61 Å². The summed E-state index contributed by atoms with van der Waals surface area (Å²) < 4.78 is 0. The van der Waals surface area contributed by atoms with E-state index in [1.807, 2.05) is 0 Å². The van der Waals surface area contributed by atoms with Gasteiger partial charge in [0.25, 0.3) is 0 Å². The van der Waals surface area contributed by atoms with Crippen LogP contribution < -0.4 is 0 Å². The summed E-state index contributed by atoms with van der Waals surface area (Å²) >= 11 is 0. The largest absolute Gasteiger partial charge is 0.395 e. The Morgan fingerprint density at radius 2 is 1.94 bits per heavy atom. The first-order chi connectivity index (χ1) is 8.29. The van der Waals surface area contributed by atoms with Crippen LogP contribution in [-0.4, -0.2) is 60.3 Å². The maximum Gasteiger partial charge on any atom is 0.0558 e. The van der Waals surface area contributed by atoms with Gasteiger partial charge < -0.3 is 5.11 Å². The number of β-amino-alcohol motifs (C(OH)–C–C–N with tert-alkyl or cyclic N) is 1. The molecular formula is C14H28N2O. The molecule has 1 aliphatic carbocycles. The fourth-order valence-corrected chi connectivity index (χ4v) is 3.45. The molecular weight excluding hydrogens is 212 g/mol. The molecule has 3 nitrogen and oxygen atoms in total. The lowest BCUT2D eigenvalue weighted by molar-refractivity contribution is 0.135. The highest BCUT2D eigenvalue weighted by Crippen LogP contribution is 2.27. The van der Waals surface area contributed by atoms with Gasteiger partial charge in [-0.25, -0.2) is 0 Å². The zero-order chi connectivity index (χ0) is 12.1. The van der Waals surface area contributed by atoms with E-state index in [1.165, 1.54) is 51.7 Å². The Kier molecular flexibility index (Phi) is 5.26. The van der Waals surface area contributed by atoms with Gasteiger partial charge in [-0.1, -0.05) is 19.8 Å². The third-order valence-electron chi connectivity index (χ3n) is 4.46. The molecule has 0 radical (unpaired) electrons. The van der Waals surface area contributed by atoms with Crippen LogP contribution in [0.25, 0.3) is 0 Å². The third-order valence-corrected chi connectivity index (χ3v) is 4.46. The topological polar surface area (TPSA) is 26.7 Å². The van der Waals surface area contributed by atoms with Gasteiger partial charge in [0, 0.05) is 25.7 Å². The van der Waals surface area contributed by atoms with E-state index in [4.69, 9.17) is 5.11 Å². The highest BCUT2D eigenvalue weighted by Gasteiger charge is 2.25. The molecule has 2 aliphatic rings. The molecule has 2 unspecified atom stereocenters. The van der Waals surface area contributed by atoms with E-state index in [2.05, 4.69) is 16.7 Å². The highest BCUT2D eigenvalue weighted by molar-refractivity contribution is 4.81. The first kappa shape index (κ1) is 13.3. The summed E-state index contributed by atoms with van der Waals surface area (Å²) in [4.78, 5) is 5.12. The molecule has 1 heterocycles. The maximum atomic E-state index is 9.00. The Morgan fingerprint density at radius 1 is 1.06 bits per heavy atom. The van der Waals surface area contributed by atoms with Crippen LogP contribution in [0.15, 0.2) is 0 Å². The molecule has 0 bridgehead atoms. The summed E-state index contributed by atoms with van der Waals surface area (Å²) in [5.41, 5.74) is 0. The minimum absolute atomic E-state index is 0.306. The molecule has 17 heavy (non-hydrogen) atoms. The number of aliphatic hydroxyl groups excluding tert-OH is 1. The van der Waals surface area contributed by atoms with Crippen molar-refractivity contribution in [3.05, 3.63) is 0 Å². The fraction of sp³-hybridized carbons (Fsp3) is 1.00. The number of aliphatic hydroxyl groups is 1. The second-order valence-corrected chi connectivity index (χ2v) is 5.88. The Bertz CT molecular complexity index is 222. The Balaban J connectivity index is 1.81. The molecule has 100 valence electrons. The zero-order valence-electron chi connectivity index (χ0n) is 11.3. The van der Waals surface area contributed by atoms with Gasteiger partial charge in [-0.15, -0.1) is 0 Å². The summed E-state index contributed by atoms with van der Waals surface area (Å²) in [6.07, 6.45) is 6.93. The van der Waals surface area contributed by atoms with Crippen LogP contribution in [0.1, 0.15) is 39.0 Å². The minimum Gasteiger partial charge on any atom is -0.395 e. The molecule has 2 atom stereocenters. The van der Waals surface area contributed by atoms with Crippen molar-refractivity contribution in [1.82, 2.24) is 9.80 Å². The van der Waals surface area contributed by atoms with Gasteiger partial charge in [0.05, 0.1) is 6.61 Å². The number of rotatable bonds is 3. The molecule has 0 spiro atoms. The van der Waals surface area contributed by atoms with Crippen LogP contribution in [0.5, 0.6) is 0 Å². The van der Waals surface area contributed by atoms with Gasteiger partial charge >= 0.3 is 0 Å². The van der Waals surface area contributed by atoms with Gasteiger partial charge in [0.2, 0.25) is 0 Å². The van der Waals surface area contributed by atoms with E-state index in [9.17, 15) is 0 Å². The molecule has 3 heteroatoms. The first-order valence-electron chi connectivity index (χ1n) is 7.37. The molecule has 0 aromatic heterocycles. The third kappa shape index (κ3) is 3.94. The van der Waals surface area contributed by atoms with Crippen molar-refractivity contribution >= 4 is 0 Å². The van der Waals surface area contributed by atoms with E-state index in [-0.39, 0.29) is 0 Å². The summed E-state index contributed by atoms with van der Waals surface area (Å²) in [6.45, 7) is 8.35. The second-order valence-electron chi connectivity index (χ2n) is 5.88. The lowest BCUT2D eigenvalue weighted by Crippen LogP contribution is -2.41. The van der Waals surface area contributed by atoms with Crippen molar-refractivity contribution in [3.8, 4) is 0 Å². The number of hydrogen-bond acceptors (Lipinski definition) is 3. The molecule has 2 rings (SSSR count). The summed E-state index contributed by atoms with van der Waals surface area (Å²) in [5.74, 6) is 0.922. The first-order valence-corrected chi connectivity index (χ1v) is 7.37. The maximum absolute atomic E-state index is 9.00. The molecule has 0 amide bonds. The SMILES string of the molecule is CC1CCCC(N2CCCN(CCO)CC2)C1. The monoisotopic (exact) mass is 240 g/mol. The Morgan fingerprint density at radius 3 is 2.71 bits per heavy atom. The van der Waals surface area contributed by atoms with Crippen molar-refractivity contribution in [2.45, 2.75) is 45.1 Å². The summed E-state index contributed by atoms with van der Waals surface area (Å²) in [7, 11) is 0. The van der Waals surface area contributed by atoms with E-state index >= 15 is 0 Å². The van der Waals surface area contributed by atoms with Crippen LogP contribution >= 0.6 is 0 Å². The van der Waals surface area contributed by atoms with Crippen LogP contribution in [0.3, 0.4) is 0 Å². The quantitative estimate of drug-likeness (QED) is 0.811. The second kappa shape index (κ2) is 6.72. The Hall–Kier alpha value is -0.120. The average Bonchev–Trinajstić information content (AvgIpc) is 2.55. The molecule has 1 saturated carbocycles. The van der Waals surface area contributed by atoms with Gasteiger partial charge in [-0.2, -0.15) is 0 Å². The van der Waals surface area contributed by atoms with E-state index in [1.54, 1.807) is 0 Å². The summed E-state index contributed by atoms with van der Waals surface area (Å²) in [6, 6.07) is 0.841. The van der Waals surface area contributed by atoms with E-state index in [0.717, 1.165) is 25.0 Å². The van der Waals surface area contributed by atoms with Gasteiger partial charge in [-0.05, 0) is 38.3 Å². The van der Waals surface area contributed by atoms with Crippen molar-refractivity contribution < 1.29 is 5.11 Å². The standard InChI is InChI=1S/C14H28N2O/c1-13-4-2-5-14(12-13)16-7-3-6-15(8-9-16)10-11-17/h13-14,17H,2-12H2,1H3. The summed E-state index contributed by atoms with van der Waals surface area (Å²) in [5, 5.41) is 9.00. The number of nitrogens with zero attached hydrogens (tertiary/aromatic N) is 2. The Labute approximate surface area is 106 Å². The molecule has 2 fully saturated rings. The zero-order valence-corrected chi connectivity index (χ0v) is 11.3. The average molecular weight is 240 g/mol. The van der Waals surface area contributed by atoms with Crippen LogP contribution in [-0.2, 0) is 0 Å². The molecule has 1 saturated heterocycles. The van der Waals surface area contributed by atoms with Crippen molar-refractivity contribution in [1.29, 1.82) is 0 Å². The minimum atomic E-state index is 0.306. The van der Waals surface area contributed by atoms with Crippen molar-refractivity contribution in [2.24, 2.45) is 5.92 Å². The molecule has 0 aromatic rings. The smallest absolute Gasteiger partial charge is 0.0558 e. The molecule has 1 N–H and O–H groups in total. The normalized spacial score (nSPS) is 33.5. The van der Waals surface area contributed by atoms with Crippen LogP contribution in [0, 0.1) is 5.92 Å². The lowest BCUT2D eigenvalue weighted by atomic mass is 9.86. The fourth-order valence-electron chi connectivity index (χ4n) is 3.45. The van der Waals surface area contributed by atoms with Gasteiger partial charge in [0.1, 0.15) is 0 Å². The lowest BCUT2D eigenvalue weighted by Gasteiger charge is -2.36. The van der Waals surface area contributed by atoms with Crippen molar-refractivity contribution in [2.75, 3.05) is 39.3 Å². The van der Waals surface area contributed by atoms with Gasteiger partial charge in [0.15, 0.2) is 0 Å². The highest BCUT2D eigenvalue weighted by atomic mass is 16.3. The van der Waals surface area contributed by atoms with Crippen molar-refractivity contribution in [3.63, 3.8) is 0 Å². The predicted octanol–water partition coefficient (Wildman–Crippen LogP) is 1.57. The van der Waals surface area contributed by atoms with Gasteiger partial charge in [-0.3, -0.25) is 9.80 Å².